The van der Waals surface area contributed by atoms with Gasteiger partial charge in [-0.25, -0.2) is 0 Å². The van der Waals surface area contributed by atoms with E-state index in [-0.39, 0.29) is 12.5 Å². The molecule has 0 rings (SSSR count). The van der Waals surface area contributed by atoms with Crippen LogP contribution in [0.15, 0.2) is 0 Å². The van der Waals surface area contributed by atoms with Crippen LogP contribution in [0.4, 0.5) is 0 Å². The summed E-state index contributed by atoms with van der Waals surface area (Å²) >= 11 is 4.73. The van der Waals surface area contributed by atoms with Gasteiger partial charge in [-0.05, 0) is 7.05 Å². The molecule has 0 saturated carbocycles. The van der Waals surface area contributed by atoms with Gasteiger partial charge in [0, 0.05) is 33.0 Å². The first-order chi connectivity index (χ1) is 7.82. The van der Waals surface area contributed by atoms with Gasteiger partial charge < -0.3 is 16.4 Å². The summed E-state index contributed by atoms with van der Waals surface area (Å²) in [5.74, 6) is -0.403. The normalized spacial score (nSPS) is 10.3. The molecule has 0 atom stereocenters. The Morgan fingerprint density at radius 3 is 2.18 bits per heavy atom. The molecule has 2 amide bonds. The van der Waals surface area contributed by atoms with Crippen LogP contribution in [0.5, 0.6) is 0 Å². The Hall–Kier alpha value is -1.21. The molecular weight excluding hydrogens is 240 g/mol. The van der Waals surface area contributed by atoms with E-state index in [2.05, 4.69) is 0 Å². The molecule has 0 aliphatic carbocycles. The van der Waals surface area contributed by atoms with Gasteiger partial charge in [-0.2, -0.15) is 0 Å². The van der Waals surface area contributed by atoms with E-state index in [9.17, 15) is 9.59 Å². The van der Waals surface area contributed by atoms with E-state index >= 15 is 0 Å². The van der Waals surface area contributed by atoms with E-state index in [0.29, 0.717) is 30.9 Å². The average molecular weight is 260 g/mol. The number of primary amides is 1. The molecule has 0 aliphatic rings. The van der Waals surface area contributed by atoms with E-state index in [1.165, 1.54) is 0 Å². The Labute approximate surface area is 107 Å². The number of hydrogen-bond donors (Lipinski definition) is 2. The zero-order valence-electron chi connectivity index (χ0n) is 10.3. The third kappa shape index (κ3) is 8.58. The van der Waals surface area contributed by atoms with Gasteiger partial charge >= 0.3 is 0 Å². The minimum atomic E-state index is -0.401. The third-order valence-electron chi connectivity index (χ3n) is 2.25. The molecule has 0 aliphatic heterocycles. The zero-order valence-corrected chi connectivity index (χ0v) is 11.1. The van der Waals surface area contributed by atoms with Crippen LogP contribution in [-0.4, -0.2) is 60.3 Å². The Morgan fingerprint density at radius 1 is 1.12 bits per heavy atom. The van der Waals surface area contributed by atoms with Crippen LogP contribution in [0.2, 0.25) is 0 Å². The van der Waals surface area contributed by atoms with Gasteiger partial charge in [0.1, 0.15) is 0 Å². The van der Waals surface area contributed by atoms with E-state index in [1.54, 1.807) is 23.9 Å². The average Bonchev–Trinajstić information content (AvgIpc) is 2.21. The van der Waals surface area contributed by atoms with Crippen molar-refractivity contribution in [2.24, 2.45) is 11.5 Å². The number of carbonyl (C=O) groups is 2. The topological polar surface area (TPSA) is 92.7 Å². The SMILES string of the molecule is CN(CCC(=O)N(C)CCC(N)=S)CC(N)=O. The third-order valence-corrected chi connectivity index (χ3v) is 2.46. The molecule has 0 aromatic carbocycles. The molecule has 0 fully saturated rings. The van der Waals surface area contributed by atoms with Crippen molar-refractivity contribution in [3.8, 4) is 0 Å². The summed E-state index contributed by atoms with van der Waals surface area (Å²) in [6, 6.07) is 0. The van der Waals surface area contributed by atoms with E-state index < -0.39 is 5.91 Å². The summed E-state index contributed by atoms with van der Waals surface area (Å²) in [6.07, 6.45) is 0.867. The molecular formula is C10H20N4O2S. The monoisotopic (exact) mass is 260 g/mol. The Morgan fingerprint density at radius 2 is 1.71 bits per heavy atom. The molecule has 6 nitrogen and oxygen atoms in total. The first-order valence-electron chi connectivity index (χ1n) is 5.32. The lowest BCUT2D eigenvalue weighted by Gasteiger charge is -2.19. The smallest absolute Gasteiger partial charge is 0.231 e. The van der Waals surface area contributed by atoms with Crippen LogP contribution in [0.25, 0.3) is 0 Å². The van der Waals surface area contributed by atoms with Crippen LogP contribution in [0, 0.1) is 0 Å². The molecule has 7 heteroatoms. The van der Waals surface area contributed by atoms with Gasteiger partial charge in [-0.1, -0.05) is 12.2 Å². The highest BCUT2D eigenvalue weighted by atomic mass is 32.1. The van der Waals surface area contributed by atoms with Gasteiger partial charge in [-0.15, -0.1) is 0 Å². The zero-order chi connectivity index (χ0) is 13.4. The maximum atomic E-state index is 11.6. The van der Waals surface area contributed by atoms with Crippen molar-refractivity contribution in [2.75, 3.05) is 33.7 Å². The number of hydrogen-bond acceptors (Lipinski definition) is 4. The fourth-order valence-corrected chi connectivity index (χ4v) is 1.32. The lowest BCUT2D eigenvalue weighted by atomic mass is 10.3. The van der Waals surface area contributed by atoms with Crippen LogP contribution in [-0.2, 0) is 9.59 Å². The predicted octanol–water partition coefficient (Wildman–Crippen LogP) is -1.07. The van der Waals surface area contributed by atoms with Crippen molar-refractivity contribution < 1.29 is 9.59 Å². The lowest BCUT2D eigenvalue weighted by molar-refractivity contribution is -0.130. The first-order valence-corrected chi connectivity index (χ1v) is 5.73. The van der Waals surface area contributed by atoms with E-state index in [1.807, 2.05) is 0 Å². The maximum Gasteiger partial charge on any atom is 0.231 e. The molecule has 0 aromatic rings. The van der Waals surface area contributed by atoms with Crippen LogP contribution in [0.3, 0.4) is 0 Å². The van der Waals surface area contributed by atoms with Gasteiger partial charge in [0.15, 0.2) is 0 Å². The van der Waals surface area contributed by atoms with E-state index in [0.717, 1.165) is 0 Å². The highest BCUT2D eigenvalue weighted by Crippen LogP contribution is 1.95. The quantitative estimate of drug-likeness (QED) is 0.542. The van der Waals surface area contributed by atoms with Crippen molar-refractivity contribution in [3.05, 3.63) is 0 Å². The molecule has 0 aromatic heterocycles. The maximum absolute atomic E-state index is 11.6. The minimum Gasteiger partial charge on any atom is -0.393 e. The van der Waals surface area contributed by atoms with Crippen molar-refractivity contribution >= 4 is 29.0 Å². The van der Waals surface area contributed by atoms with Gasteiger partial charge in [0.05, 0.1) is 11.5 Å². The molecule has 0 spiro atoms. The highest BCUT2D eigenvalue weighted by Gasteiger charge is 2.10. The number of amides is 2. The molecule has 0 unspecified atom stereocenters. The number of nitrogens with two attached hydrogens (primary N) is 2. The first kappa shape index (κ1) is 15.8. The van der Waals surface area contributed by atoms with Gasteiger partial charge in [0.2, 0.25) is 11.8 Å². The Bertz CT molecular complexity index is 296. The molecule has 98 valence electrons. The Kier molecular flexibility index (Phi) is 7.40. The standard InChI is InChI=1S/C10H20N4O2S/c1-13(7-8(11)15)5-4-10(16)14(2)6-3-9(12)17/h3-7H2,1-2H3,(H2,11,15)(H2,12,17). The fourth-order valence-electron chi connectivity index (χ4n) is 1.23. The van der Waals surface area contributed by atoms with Crippen molar-refractivity contribution in [1.29, 1.82) is 0 Å². The number of rotatable bonds is 8. The molecule has 17 heavy (non-hydrogen) atoms. The highest BCUT2D eigenvalue weighted by molar-refractivity contribution is 7.80. The summed E-state index contributed by atoms with van der Waals surface area (Å²) in [7, 11) is 3.45. The summed E-state index contributed by atoms with van der Waals surface area (Å²) in [4.78, 5) is 26.0. The van der Waals surface area contributed by atoms with Gasteiger partial charge in [0.25, 0.3) is 0 Å². The summed E-state index contributed by atoms with van der Waals surface area (Å²) in [5.41, 5.74) is 10.4. The van der Waals surface area contributed by atoms with Crippen LogP contribution in [0.1, 0.15) is 12.8 Å². The predicted molar refractivity (Wildman–Crippen MR) is 70.3 cm³/mol. The van der Waals surface area contributed by atoms with Crippen molar-refractivity contribution in [2.45, 2.75) is 12.8 Å². The summed E-state index contributed by atoms with van der Waals surface area (Å²) in [5, 5.41) is 0. The van der Waals surface area contributed by atoms with Crippen LogP contribution < -0.4 is 11.5 Å². The second kappa shape index (κ2) is 7.97. The minimum absolute atomic E-state index is 0.00225. The lowest BCUT2D eigenvalue weighted by Crippen LogP contribution is -2.35. The van der Waals surface area contributed by atoms with Crippen LogP contribution >= 0.6 is 12.2 Å². The number of thiocarbonyl (C=S) groups is 1. The summed E-state index contributed by atoms with van der Waals surface area (Å²) in [6.45, 7) is 1.18. The molecule has 0 bridgehead atoms. The second-order valence-electron chi connectivity index (χ2n) is 3.99. The molecule has 0 heterocycles. The fraction of sp³-hybridized carbons (Fsp3) is 0.700. The van der Waals surface area contributed by atoms with Crippen molar-refractivity contribution in [1.82, 2.24) is 9.80 Å². The second-order valence-corrected chi connectivity index (χ2v) is 4.51. The largest absolute Gasteiger partial charge is 0.393 e. The Balaban J connectivity index is 3.84. The number of carbonyl (C=O) groups excluding carboxylic acids is 2. The molecule has 0 saturated heterocycles. The molecule has 4 N–H and O–H groups in total. The summed E-state index contributed by atoms with van der Waals surface area (Å²) < 4.78 is 0. The van der Waals surface area contributed by atoms with Crippen molar-refractivity contribution in [3.63, 3.8) is 0 Å². The number of nitrogens with zero attached hydrogens (tertiary/aromatic N) is 2. The molecule has 0 radical (unpaired) electrons. The van der Waals surface area contributed by atoms with E-state index in [4.69, 9.17) is 23.7 Å². The van der Waals surface area contributed by atoms with Gasteiger partial charge in [-0.3, -0.25) is 14.5 Å². The number of likely N-dealkylation sites (N-methyl/N-ethyl adjacent to an activating group) is 1.